The number of carbonyl (C=O) groups excluding carboxylic acids is 1. The Hall–Kier alpha value is -1.65. The Morgan fingerprint density at radius 2 is 1.74 bits per heavy atom. The van der Waals surface area contributed by atoms with Crippen LogP contribution in [-0.4, -0.2) is 62.0 Å². The molecule has 0 radical (unpaired) electrons. The van der Waals surface area contributed by atoms with Crippen molar-refractivity contribution in [3.8, 4) is 0 Å². The van der Waals surface area contributed by atoms with Crippen LogP contribution in [0.1, 0.15) is 25.3 Å². The lowest BCUT2D eigenvalue weighted by atomic mass is 10.0. The van der Waals surface area contributed by atoms with Gasteiger partial charge in [0.15, 0.2) is 0 Å². The van der Waals surface area contributed by atoms with Gasteiger partial charge in [0, 0.05) is 31.9 Å². The van der Waals surface area contributed by atoms with Gasteiger partial charge in [0.2, 0.25) is 15.9 Å². The third kappa shape index (κ3) is 5.66. The molecule has 1 N–H and O–H groups in total. The molecule has 1 saturated heterocycles. The fraction of sp³-hybridized carbons (Fsp3) is 0.588. The van der Waals surface area contributed by atoms with Gasteiger partial charge in [0.05, 0.1) is 17.9 Å². The molecule has 1 amide bonds. The number of hydrogen-bond acceptors (Lipinski definition) is 4. The Morgan fingerprint density at radius 1 is 1.22 bits per heavy atom. The molecule has 6 nitrogen and oxygen atoms in total. The maximum absolute atomic E-state index is 12.6. The number of carbonyl (C=O) groups is 1. The van der Waals surface area contributed by atoms with E-state index in [4.69, 9.17) is 0 Å². The first-order valence-corrected chi connectivity index (χ1v) is 10.4. The number of halogens is 3. The maximum atomic E-state index is 12.6. The van der Waals surface area contributed by atoms with E-state index in [1.807, 2.05) is 4.90 Å². The van der Waals surface area contributed by atoms with Crippen LogP contribution in [0, 0.1) is 0 Å². The molecule has 152 valence electrons. The largest absolute Gasteiger partial charge is 0.416 e. The van der Waals surface area contributed by atoms with E-state index in [0.29, 0.717) is 31.6 Å². The SMILES string of the molecule is CC(C(=O)Nc1ccc(C(F)(F)F)cc1)N1CCC(N(C)S(C)(=O)=O)CC1. The lowest BCUT2D eigenvalue weighted by Gasteiger charge is -2.38. The Morgan fingerprint density at radius 3 is 2.19 bits per heavy atom. The maximum Gasteiger partial charge on any atom is 0.416 e. The summed E-state index contributed by atoms with van der Waals surface area (Å²) >= 11 is 0. The van der Waals surface area contributed by atoms with E-state index in [9.17, 15) is 26.4 Å². The molecule has 1 atom stereocenters. The van der Waals surface area contributed by atoms with Crippen LogP contribution in [-0.2, 0) is 21.0 Å². The zero-order valence-electron chi connectivity index (χ0n) is 15.5. The molecular weight excluding hydrogens is 383 g/mol. The molecule has 1 heterocycles. The first-order valence-electron chi connectivity index (χ1n) is 8.55. The fourth-order valence-electron chi connectivity index (χ4n) is 3.06. The van der Waals surface area contributed by atoms with E-state index in [-0.39, 0.29) is 11.9 Å². The molecule has 0 aliphatic carbocycles. The zero-order chi connectivity index (χ0) is 20.4. The van der Waals surface area contributed by atoms with Gasteiger partial charge in [-0.25, -0.2) is 12.7 Å². The number of benzene rings is 1. The lowest BCUT2D eigenvalue weighted by Crippen LogP contribution is -2.50. The molecule has 2 rings (SSSR count). The number of nitrogens with zero attached hydrogens (tertiary/aromatic N) is 2. The molecule has 0 saturated carbocycles. The molecule has 0 bridgehead atoms. The average molecular weight is 407 g/mol. The standard InChI is InChI=1S/C17H24F3N3O3S/c1-12(23-10-8-15(9-11-23)22(2)27(3,25)26)16(24)21-14-6-4-13(5-7-14)17(18,19)20/h4-7,12,15H,8-11H2,1-3H3,(H,21,24). The Kier molecular flexibility index (Phi) is 6.54. The summed E-state index contributed by atoms with van der Waals surface area (Å²) in [6, 6.07) is 3.72. The number of piperidine rings is 1. The highest BCUT2D eigenvalue weighted by atomic mass is 32.2. The van der Waals surface area contributed by atoms with E-state index in [1.165, 1.54) is 22.7 Å². The van der Waals surface area contributed by atoms with Gasteiger partial charge < -0.3 is 5.32 Å². The highest BCUT2D eigenvalue weighted by Crippen LogP contribution is 2.30. The predicted octanol–water partition coefficient (Wildman–Crippen LogP) is 2.39. The minimum atomic E-state index is -4.42. The average Bonchev–Trinajstić information content (AvgIpc) is 2.59. The van der Waals surface area contributed by atoms with Crippen molar-refractivity contribution >= 4 is 21.6 Å². The summed E-state index contributed by atoms with van der Waals surface area (Å²) in [4.78, 5) is 14.3. The van der Waals surface area contributed by atoms with Crippen molar-refractivity contribution in [3.05, 3.63) is 29.8 Å². The van der Waals surface area contributed by atoms with Crippen molar-refractivity contribution in [2.24, 2.45) is 0 Å². The first-order chi connectivity index (χ1) is 12.4. The van der Waals surface area contributed by atoms with Crippen molar-refractivity contribution < 1.29 is 26.4 Å². The second-order valence-corrected chi connectivity index (χ2v) is 8.83. The summed E-state index contributed by atoms with van der Waals surface area (Å²) in [5, 5.41) is 2.62. The van der Waals surface area contributed by atoms with Gasteiger partial charge in [-0.1, -0.05) is 0 Å². The molecule has 10 heteroatoms. The fourth-order valence-corrected chi connectivity index (χ4v) is 3.81. The van der Waals surface area contributed by atoms with Crippen LogP contribution in [0.25, 0.3) is 0 Å². The number of rotatable bonds is 5. The molecule has 1 unspecified atom stereocenters. The number of amides is 1. The first kappa shape index (κ1) is 21.6. The van der Waals surface area contributed by atoms with Crippen LogP contribution >= 0.6 is 0 Å². The summed E-state index contributed by atoms with van der Waals surface area (Å²) in [6.45, 7) is 2.85. The summed E-state index contributed by atoms with van der Waals surface area (Å²) in [5.41, 5.74) is -0.475. The van der Waals surface area contributed by atoms with Crippen LogP contribution in [0.4, 0.5) is 18.9 Å². The monoisotopic (exact) mass is 407 g/mol. The zero-order valence-corrected chi connectivity index (χ0v) is 16.3. The molecule has 1 aromatic carbocycles. The van der Waals surface area contributed by atoms with Gasteiger partial charge in [-0.3, -0.25) is 9.69 Å². The minimum Gasteiger partial charge on any atom is -0.325 e. The number of anilines is 1. The van der Waals surface area contributed by atoms with E-state index >= 15 is 0 Å². The van der Waals surface area contributed by atoms with Gasteiger partial charge in [0.25, 0.3) is 0 Å². The lowest BCUT2D eigenvalue weighted by molar-refractivity contribution is -0.137. The van der Waals surface area contributed by atoms with Crippen molar-refractivity contribution in [1.29, 1.82) is 0 Å². The molecular formula is C17H24F3N3O3S. The number of nitrogens with one attached hydrogen (secondary N) is 1. The number of hydrogen-bond donors (Lipinski definition) is 1. The number of alkyl halides is 3. The summed E-state index contributed by atoms with van der Waals surface area (Å²) in [6.07, 6.45) is -2.03. The quantitative estimate of drug-likeness (QED) is 0.814. The Bertz CT molecular complexity index is 758. The van der Waals surface area contributed by atoms with Crippen molar-refractivity contribution in [1.82, 2.24) is 9.21 Å². The minimum absolute atomic E-state index is 0.0959. The van der Waals surface area contributed by atoms with Crippen molar-refractivity contribution in [3.63, 3.8) is 0 Å². The smallest absolute Gasteiger partial charge is 0.325 e. The summed E-state index contributed by atoms with van der Waals surface area (Å²) in [7, 11) is -1.70. The Labute approximate surface area is 157 Å². The highest BCUT2D eigenvalue weighted by Gasteiger charge is 2.32. The summed E-state index contributed by atoms with van der Waals surface area (Å²) < 4.78 is 62.3. The molecule has 1 aliphatic rings. The third-order valence-corrected chi connectivity index (χ3v) is 6.29. The topological polar surface area (TPSA) is 69.7 Å². The van der Waals surface area contributed by atoms with Gasteiger partial charge in [0.1, 0.15) is 0 Å². The van der Waals surface area contributed by atoms with Crippen molar-refractivity contribution in [2.75, 3.05) is 31.7 Å². The van der Waals surface area contributed by atoms with Crippen LogP contribution in [0.2, 0.25) is 0 Å². The molecule has 1 aliphatic heterocycles. The molecule has 27 heavy (non-hydrogen) atoms. The van der Waals surface area contributed by atoms with E-state index < -0.39 is 27.8 Å². The van der Waals surface area contributed by atoms with E-state index in [1.54, 1.807) is 14.0 Å². The van der Waals surface area contributed by atoms with E-state index in [2.05, 4.69) is 5.32 Å². The van der Waals surface area contributed by atoms with Gasteiger partial charge in [-0.2, -0.15) is 13.2 Å². The van der Waals surface area contributed by atoms with Gasteiger partial charge in [-0.05, 0) is 44.0 Å². The van der Waals surface area contributed by atoms with Gasteiger partial charge in [-0.15, -0.1) is 0 Å². The molecule has 1 aromatic rings. The van der Waals surface area contributed by atoms with Crippen LogP contribution in [0.5, 0.6) is 0 Å². The van der Waals surface area contributed by atoms with Gasteiger partial charge >= 0.3 is 6.18 Å². The number of sulfonamides is 1. The normalized spacial score (nSPS) is 18.5. The highest BCUT2D eigenvalue weighted by molar-refractivity contribution is 7.88. The molecule has 1 fully saturated rings. The molecule has 0 aromatic heterocycles. The summed E-state index contributed by atoms with van der Waals surface area (Å²) in [5.74, 6) is -0.315. The third-order valence-electron chi connectivity index (χ3n) is 4.94. The van der Waals surface area contributed by atoms with Crippen LogP contribution in [0.15, 0.2) is 24.3 Å². The second kappa shape index (κ2) is 8.15. The van der Waals surface area contributed by atoms with Crippen molar-refractivity contribution in [2.45, 2.75) is 38.0 Å². The molecule has 0 spiro atoms. The second-order valence-electron chi connectivity index (χ2n) is 6.79. The van der Waals surface area contributed by atoms with E-state index in [0.717, 1.165) is 12.1 Å². The van der Waals surface area contributed by atoms with Crippen LogP contribution in [0.3, 0.4) is 0 Å². The number of likely N-dealkylation sites (tertiary alicyclic amines) is 1. The Balaban J connectivity index is 1.91. The predicted molar refractivity (Wildman–Crippen MR) is 96.7 cm³/mol. The van der Waals surface area contributed by atoms with Crippen LogP contribution < -0.4 is 5.32 Å².